The molecule has 0 unspecified atom stereocenters. The third-order valence-corrected chi connectivity index (χ3v) is 5.61. The van der Waals surface area contributed by atoms with E-state index >= 15 is 0 Å². The van der Waals surface area contributed by atoms with Crippen molar-refractivity contribution in [3.05, 3.63) is 35.7 Å². The SMILES string of the molecule is CCCCn1c(SCC(=O)Nc2ccc(CC#N)cc2)nnc1[C@@H](CC)N(C)C. The van der Waals surface area contributed by atoms with E-state index in [0.29, 0.717) is 6.42 Å². The number of thioether (sulfide) groups is 1. The molecule has 0 aliphatic carbocycles. The van der Waals surface area contributed by atoms with Crippen molar-refractivity contribution >= 4 is 23.4 Å². The molecule has 7 nitrogen and oxygen atoms in total. The van der Waals surface area contributed by atoms with Crippen molar-refractivity contribution in [1.29, 1.82) is 5.26 Å². The highest BCUT2D eigenvalue weighted by atomic mass is 32.2. The summed E-state index contributed by atoms with van der Waals surface area (Å²) in [6, 6.07) is 9.66. The van der Waals surface area contributed by atoms with Crippen LogP contribution >= 0.6 is 11.8 Å². The van der Waals surface area contributed by atoms with Crippen molar-refractivity contribution in [2.24, 2.45) is 0 Å². The van der Waals surface area contributed by atoms with Crippen LogP contribution in [0.2, 0.25) is 0 Å². The summed E-state index contributed by atoms with van der Waals surface area (Å²) in [7, 11) is 4.10. The first kappa shape index (κ1) is 22.9. The molecular weight excluding hydrogens is 384 g/mol. The summed E-state index contributed by atoms with van der Waals surface area (Å²) in [5.74, 6) is 1.14. The first-order chi connectivity index (χ1) is 14.0. The lowest BCUT2D eigenvalue weighted by atomic mass is 10.1. The second-order valence-corrected chi connectivity index (χ2v) is 8.04. The topological polar surface area (TPSA) is 86.8 Å². The average molecular weight is 415 g/mol. The average Bonchev–Trinajstić information content (AvgIpc) is 3.09. The first-order valence-corrected chi connectivity index (χ1v) is 11.0. The van der Waals surface area contributed by atoms with Gasteiger partial charge >= 0.3 is 0 Å². The molecule has 0 radical (unpaired) electrons. The standard InChI is InChI=1S/C21H30N6OS/c1-5-7-14-27-20(18(6-2)26(3)4)24-25-21(27)29-15-19(28)23-17-10-8-16(9-11-17)12-13-22/h8-11,18H,5-7,12,14-15H2,1-4H3,(H,23,28)/t18-/m1/s1. The van der Waals surface area contributed by atoms with Gasteiger partial charge in [0.25, 0.3) is 0 Å². The summed E-state index contributed by atoms with van der Waals surface area (Å²) in [6.07, 6.45) is 3.45. The molecule has 0 saturated carbocycles. The van der Waals surface area contributed by atoms with Gasteiger partial charge in [-0.3, -0.25) is 9.69 Å². The fraction of sp³-hybridized carbons (Fsp3) is 0.524. The number of benzene rings is 1. The molecule has 0 saturated heterocycles. The van der Waals surface area contributed by atoms with E-state index in [1.54, 1.807) is 0 Å². The van der Waals surface area contributed by atoms with Gasteiger partial charge in [0, 0.05) is 12.2 Å². The van der Waals surface area contributed by atoms with Crippen LogP contribution in [-0.2, 0) is 17.8 Å². The molecule has 156 valence electrons. The Bertz CT molecular complexity index is 825. The van der Waals surface area contributed by atoms with Gasteiger partial charge in [0.05, 0.1) is 24.3 Å². The number of rotatable bonds is 11. The summed E-state index contributed by atoms with van der Waals surface area (Å²) in [5.41, 5.74) is 1.66. The van der Waals surface area contributed by atoms with E-state index in [1.807, 2.05) is 24.3 Å². The number of hydrogen-bond acceptors (Lipinski definition) is 6. The lowest BCUT2D eigenvalue weighted by molar-refractivity contribution is -0.113. The Hall–Kier alpha value is -2.37. The molecule has 1 aromatic carbocycles. The van der Waals surface area contributed by atoms with E-state index in [-0.39, 0.29) is 17.7 Å². The zero-order valence-electron chi connectivity index (χ0n) is 17.7. The number of aromatic nitrogens is 3. The Morgan fingerprint density at radius 3 is 2.59 bits per heavy atom. The number of carbonyl (C=O) groups is 1. The molecule has 0 fully saturated rings. The van der Waals surface area contributed by atoms with Gasteiger partial charge in [-0.1, -0.05) is 44.2 Å². The molecule has 1 N–H and O–H groups in total. The van der Waals surface area contributed by atoms with Gasteiger partial charge in [-0.15, -0.1) is 10.2 Å². The molecule has 29 heavy (non-hydrogen) atoms. The van der Waals surface area contributed by atoms with Crippen LogP contribution in [-0.4, -0.2) is 45.4 Å². The summed E-state index contributed by atoms with van der Waals surface area (Å²) in [6.45, 7) is 5.16. The maximum Gasteiger partial charge on any atom is 0.234 e. The third-order valence-electron chi connectivity index (χ3n) is 4.64. The van der Waals surface area contributed by atoms with Crippen LogP contribution in [0.3, 0.4) is 0 Å². The summed E-state index contributed by atoms with van der Waals surface area (Å²) in [4.78, 5) is 14.5. The number of amides is 1. The second-order valence-electron chi connectivity index (χ2n) is 7.10. The molecule has 2 rings (SSSR count). The monoisotopic (exact) mass is 414 g/mol. The largest absolute Gasteiger partial charge is 0.325 e. The lowest BCUT2D eigenvalue weighted by Gasteiger charge is -2.23. The Balaban J connectivity index is 2.04. The van der Waals surface area contributed by atoms with Gasteiger partial charge < -0.3 is 9.88 Å². The number of carbonyl (C=O) groups excluding carboxylic acids is 1. The predicted octanol–water partition coefficient (Wildman–Crippen LogP) is 3.89. The molecule has 0 aliphatic rings. The zero-order valence-corrected chi connectivity index (χ0v) is 18.5. The highest BCUT2D eigenvalue weighted by Gasteiger charge is 2.22. The molecule has 1 heterocycles. The molecule has 1 amide bonds. The Morgan fingerprint density at radius 2 is 2.00 bits per heavy atom. The summed E-state index contributed by atoms with van der Waals surface area (Å²) >= 11 is 1.41. The van der Waals surface area contributed by atoms with E-state index < -0.39 is 0 Å². The van der Waals surface area contributed by atoms with Crippen LogP contribution in [0.1, 0.15) is 50.5 Å². The molecule has 1 atom stereocenters. The van der Waals surface area contributed by atoms with Gasteiger partial charge in [-0.2, -0.15) is 5.26 Å². The normalized spacial score (nSPS) is 12.0. The second kappa shape index (κ2) is 11.6. The molecule has 1 aromatic heterocycles. The predicted molar refractivity (Wildman–Crippen MR) is 117 cm³/mol. The highest BCUT2D eigenvalue weighted by Crippen LogP contribution is 2.25. The number of nitrogens with one attached hydrogen (secondary N) is 1. The van der Waals surface area contributed by atoms with Gasteiger partial charge in [0.2, 0.25) is 5.91 Å². The number of nitrogens with zero attached hydrogens (tertiary/aromatic N) is 5. The Morgan fingerprint density at radius 1 is 1.28 bits per heavy atom. The maximum absolute atomic E-state index is 12.4. The molecule has 2 aromatic rings. The fourth-order valence-electron chi connectivity index (χ4n) is 3.08. The fourth-order valence-corrected chi connectivity index (χ4v) is 3.85. The van der Waals surface area contributed by atoms with Crippen LogP contribution < -0.4 is 5.32 Å². The van der Waals surface area contributed by atoms with Crippen LogP contribution in [0.25, 0.3) is 0 Å². The number of nitriles is 1. The van der Waals surface area contributed by atoms with E-state index in [4.69, 9.17) is 5.26 Å². The molecular formula is C21H30N6OS. The van der Waals surface area contributed by atoms with E-state index in [0.717, 1.165) is 48.0 Å². The van der Waals surface area contributed by atoms with Gasteiger partial charge in [-0.05, 0) is 44.6 Å². The van der Waals surface area contributed by atoms with Gasteiger partial charge in [-0.25, -0.2) is 0 Å². The van der Waals surface area contributed by atoms with E-state index in [2.05, 4.69) is 59.0 Å². The van der Waals surface area contributed by atoms with Crippen LogP contribution in [0.5, 0.6) is 0 Å². The molecule has 0 bridgehead atoms. The Kier molecular flexibility index (Phi) is 9.16. The lowest BCUT2D eigenvalue weighted by Crippen LogP contribution is -2.23. The van der Waals surface area contributed by atoms with Gasteiger partial charge in [0.1, 0.15) is 0 Å². The third kappa shape index (κ3) is 6.58. The molecule has 8 heteroatoms. The maximum atomic E-state index is 12.4. The summed E-state index contributed by atoms with van der Waals surface area (Å²) in [5, 5.41) is 21.2. The van der Waals surface area contributed by atoms with Crippen molar-refractivity contribution in [3.8, 4) is 6.07 Å². The van der Waals surface area contributed by atoms with Gasteiger partial charge in [0.15, 0.2) is 11.0 Å². The number of anilines is 1. The molecule has 0 spiro atoms. The van der Waals surface area contributed by atoms with Crippen molar-refractivity contribution in [2.75, 3.05) is 25.2 Å². The van der Waals surface area contributed by atoms with Crippen molar-refractivity contribution < 1.29 is 4.79 Å². The molecule has 0 aliphatic heterocycles. The van der Waals surface area contributed by atoms with E-state index in [9.17, 15) is 4.79 Å². The van der Waals surface area contributed by atoms with Crippen LogP contribution in [0.15, 0.2) is 29.4 Å². The first-order valence-electron chi connectivity index (χ1n) is 9.98. The minimum absolute atomic E-state index is 0.0886. The zero-order chi connectivity index (χ0) is 21.2. The minimum Gasteiger partial charge on any atom is -0.325 e. The van der Waals surface area contributed by atoms with E-state index in [1.165, 1.54) is 11.8 Å². The summed E-state index contributed by atoms with van der Waals surface area (Å²) < 4.78 is 2.16. The quantitative estimate of drug-likeness (QED) is 0.561. The van der Waals surface area contributed by atoms with Crippen molar-refractivity contribution in [1.82, 2.24) is 19.7 Å². The van der Waals surface area contributed by atoms with Crippen molar-refractivity contribution in [2.45, 2.75) is 57.3 Å². The smallest absolute Gasteiger partial charge is 0.234 e. The highest BCUT2D eigenvalue weighted by molar-refractivity contribution is 7.99. The van der Waals surface area contributed by atoms with Crippen LogP contribution in [0, 0.1) is 11.3 Å². The van der Waals surface area contributed by atoms with Crippen molar-refractivity contribution in [3.63, 3.8) is 0 Å². The number of unbranched alkanes of at least 4 members (excludes halogenated alkanes) is 1. The Labute approximate surface area is 177 Å². The minimum atomic E-state index is -0.0886. The number of hydrogen-bond donors (Lipinski definition) is 1. The van der Waals surface area contributed by atoms with Crippen LogP contribution in [0.4, 0.5) is 5.69 Å².